The monoisotopic (exact) mass is 279 g/mol. The lowest BCUT2D eigenvalue weighted by Crippen LogP contribution is -2.48. The predicted octanol–water partition coefficient (Wildman–Crippen LogP) is 3.15. The first kappa shape index (κ1) is 15.5. The normalized spacial score (nSPS) is 28.5. The molecule has 2 rings (SSSR count). The van der Waals surface area contributed by atoms with E-state index < -0.39 is 0 Å². The van der Waals surface area contributed by atoms with Crippen LogP contribution in [0.2, 0.25) is 0 Å². The number of aromatic nitrogens is 2. The first-order chi connectivity index (χ1) is 9.66. The molecule has 1 aliphatic carbocycles. The highest BCUT2D eigenvalue weighted by Gasteiger charge is 2.43. The summed E-state index contributed by atoms with van der Waals surface area (Å²) in [5, 5.41) is 7.97. The Morgan fingerprint density at radius 2 is 2.40 bits per heavy atom. The number of hydrogen-bond acceptors (Lipinski definition) is 3. The fraction of sp³-hybridized carbons (Fsp3) is 0.812. The van der Waals surface area contributed by atoms with Crippen molar-refractivity contribution in [3.05, 3.63) is 18.0 Å². The van der Waals surface area contributed by atoms with Gasteiger partial charge in [-0.25, -0.2) is 0 Å². The van der Waals surface area contributed by atoms with E-state index in [2.05, 4.69) is 35.0 Å². The van der Waals surface area contributed by atoms with Crippen LogP contribution in [0.1, 0.15) is 57.7 Å². The fourth-order valence-corrected chi connectivity index (χ4v) is 3.78. The molecule has 0 saturated heterocycles. The molecule has 3 atom stereocenters. The third-order valence-corrected chi connectivity index (χ3v) is 4.69. The van der Waals surface area contributed by atoms with Gasteiger partial charge in [-0.05, 0) is 38.3 Å². The standard InChI is InChI=1S/C16H29N3O/c1-5-11-19-14(8-10-18-19)15(17-3)16(20-4)9-6-7-13(2)12-16/h8,10,13,15,17H,5-7,9,11-12H2,1-4H3. The van der Waals surface area contributed by atoms with Crippen LogP contribution >= 0.6 is 0 Å². The second-order valence-electron chi connectivity index (χ2n) is 6.17. The zero-order chi connectivity index (χ0) is 14.6. The summed E-state index contributed by atoms with van der Waals surface area (Å²) in [4.78, 5) is 0. The van der Waals surface area contributed by atoms with Crippen LogP contribution in [0.4, 0.5) is 0 Å². The molecule has 3 unspecified atom stereocenters. The summed E-state index contributed by atoms with van der Waals surface area (Å²) >= 11 is 0. The third-order valence-electron chi connectivity index (χ3n) is 4.69. The summed E-state index contributed by atoms with van der Waals surface area (Å²) in [5.74, 6) is 0.724. The average Bonchev–Trinajstić information content (AvgIpc) is 2.88. The van der Waals surface area contributed by atoms with Crippen LogP contribution in [-0.2, 0) is 11.3 Å². The highest BCUT2D eigenvalue weighted by molar-refractivity contribution is 5.14. The summed E-state index contributed by atoms with van der Waals surface area (Å²) in [6, 6.07) is 2.35. The molecule has 0 bridgehead atoms. The van der Waals surface area contributed by atoms with Crippen molar-refractivity contribution < 1.29 is 4.74 Å². The van der Waals surface area contributed by atoms with Crippen LogP contribution in [0.5, 0.6) is 0 Å². The van der Waals surface area contributed by atoms with Gasteiger partial charge in [-0.3, -0.25) is 4.68 Å². The smallest absolute Gasteiger partial charge is 0.0890 e. The van der Waals surface area contributed by atoms with Crippen molar-refractivity contribution >= 4 is 0 Å². The Bertz CT molecular complexity index is 418. The van der Waals surface area contributed by atoms with Crippen molar-refractivity contribution in [3.63, 3.8) is 0 Å². The first-order valence-electron chi connectivity index (χ1n) is 7.91. The number of hydrogen-bond donors (Lipinski definition) is 1. The first-order valence-corrected chi connectivity index (χ1v) is 7.91. The molecule has 1 aromatic rings. The predicted molar refractivity (Wildman–Crippen MR) is 81.7 cm³/mol. The molecule has 1 aliphatic rings. The molecule has 0 aliphatic heterocycles. The van der Waals surface area contributed by atoms with E-state index in [9.17, 15) is 0 Å². The topological polar surface area (TPSA) is 39.1 Å². The Balaban J connectivity index is 2.31. The highest BCUT2D eigenvalue weighted by Crippen LogP contribution is 2.43. The van der Waals surface area contributed by atoms with Gasteiger partial charge in [-0.15, -0.1) is 0 Å². The molecule has 4 nitrogen and oxygen atoms in total. The molecule has 0 spiro atoms. The minimum absolute atomic E-state index is 0.0993. The Morgan fingerprint density at radius 1 is 1.60 bits per heavy atom. The molecule has 114 valence electrons. The molecule has 0 amide bonds. The van der Waals surface area contributed by atoms with Crippen LogP contribution in [0, 0.1) is 5.92 Å². The largest absolute Gasteiger partial charge is 0.376 e. The van der Waals surface area contributed by atoms with E-state index in [-0.39, 0.29) is 11.6 Å². The van der Waals surface area contributed by atoms with Crippen LogP contribution < -0.4 is 5.32 Å². The Morgan fingerprint density at radius 3 is 3.00 bits per heavy atom. The Hall–Kier alpha value is -0.870. The Kier molecular flexibility index (Phi) is 5.22. The van der Waals surface area contributed by atoms with E-state index in [4.69, 9.17) is 4.74 Å². The van der Waals surface area contributed by atoms with Crippen molar-refractivity contribution in [2.75, 3.05) is 14.2 Å². The molecular weight excluding hydrogens is 250 g/mol. The molecule has 1 fully saturated rings. The highest BCUT2D eigenvalue weighted by atomic mass is 16.5. The molecule has 0 radical (unpaired) electrons. The van der Waals surface area contributed by atoms with Crippen molar-refractivity contribution in [2.45, 2.75) is 64.1 Å². The van der Waals surface area contributed by atoms with Gasteiger partial charge in [0.05, 0.1) is 17.3 Å². The van der Waals surface area contributed by atoms with Gasteiger partial charge in [-0.2, -0.15) is 5.10 Å². The second kappa shape index (κ2) is 6.72. The second-order valence-corrected chi connectivity index (χ2v) is 6.17. The van der Waals surface area contributed by atoms with E-state index in [1.54, 1.807) is 0 Å². The van der Waals surface area contributed by atoms with Gasteiger partial charge in [0.15, 0.2) is 0 Å². The van der Waals surface area contributed by atoms with Crippen molar-refractivity contribution in [3.8, 4) is 0 Å². The van der Waals surface area contributed by atoms with Gasteiger partial charge in [0, 0.05) is 19.9 Å². The number of rotatable bonds is 6. The zero-order valence-corrected chi connectivity index (χ0v) is 13.4. The average molecular weight is 279 g/mol. The van der Waals surface area contributed by atoms with Gasteiger partial charge >= 0.3 is 0 Å². The number of nitrogens with one attached hydrogen (secondary N) is 1. The molecule has 20 heavy (non-hydrogen) atoms. The van der Waals surface area contributed by atoms with Crippen molar-refractivity contribution in [2.24, 2.45) is 5.92 Å². The summed E-state index contributed by atoms with van der Waals surface area (Å²) < 4.78 is 8.18. The maximum atomic E-state index is 6.06. The van der Waals surface area contributed by atoms with Gasteiger partial charge in [-0.1, -0.05) is 26.7 Å². The molecule has 1 saturated carbocycles. The third kappa shape index (κ3) is 2.91. The summed E-state index contributed by atoms with van der Waals surface area (Å²) in [6.45, 7) is 5.49. The Labute approximate surface area is 122 Å². The molecule has 1 N–H and O–H groups in total. The number of aryl methyl sites for hydroxylation is 1. The summed E-state index contributed by atoms with van der Waals surface area (Å²) in [5.41, 5.74) is 1.16. The number of nitrogens with zero attached hydrogens (tertiary/aromatic N) is 2. The number of methoxy groups -OCH3 is 1. The lowest BCUT2D eigenvalue weighted by molar-refractivity contribution is -0.0808. The van der Waals surface area contributed by atoms with Crippen LogP contribution in [0.3, 0.4) is 0 Å². The van der Waals surface area contributed by atoms with Crippen LogP contribution in [0.25, 0.3) is 0 Å². The van der Waals surface area contributed by atoms with E-state index in [1.807, 2.05) is 20.4 Å². The molecular formula is C16H29N3O. The summed E-state index contributed by atoms with van der Waals surface area (Å²) in [6.07, 6.45) is 7.81. The van der Waals surface area contributed by atoms with Crippen LogP contribution in [-0.4, -0.2) is 29.5 Å². The van der Waals surface area contributed by atoms with E-state index in [1.165, 1.54) is 18.5 Å². The molecule has 4 heteroatoms. The number of ether oxygens (including phenoxy) is 1. The lowest BCUT2D eigenvalue weighted by atomic mass is 9.73. The summed E-state index contributed by atoms with van der Waals surface area (Å²) in [7, 11) is 3.90. The van der Waals surface area contributed by atoms with Gasteiger partial charge in [0.2, 0.25) is 0 Å². The van der Waals surface area contributed by atoms with Gasteiger partial charge in [0.25, 0.3) is 0 Å². The van der Waals surface area contributed by atoms with Crippen LogP contribution in [0.15, 0.2) is 12.3 Å². The lowest BCUT2D eigenvalue weighted by Gasteiger charge is -2.44. The van der Waals surface area contributed by atoms with E-state index >= 15 is 0 Å². The minimum Gasteiger partial charge on any atom is -0.376 e. The van der Waals surface area contributed by atoms with Gasteiger partial charge in [0.1, 0.15) is 0 Å². The van der Waals surface area contributed by atoms with E-state index in [0.29, 0.717) is 0 Å². The maximum absolute atomic E-state index is 6.06. The SMILES string of the molecule is CCCn1nccc1C(NC)C1(OC)CCCC(C)C1. The van der Waals surface area contributed by atoms with Gasteiger partial charge < -0.3 is 10.1 Å². The van der Waals surface area contributed by atoms with Crippen molar-refractivity contribution in [1.82, 2.24) is 15.1 Å². The number of likely N-dealkylation sites (N-methyl/N-ethyl adjacent to an activating group) is 1. The fourth-order valence-electron chi connectivity index (χ4n) is 3.78. The molecule has 0 aromatic carbocycles. The molecule has 1 heterocycles. The zero-order valence-electron chi connectivity index (χ0n) is 13.4. The minimum atomic E-state index is -0.0993. The molecule has 1 aromatic heterocycles. The maximum Gasteiger partial charge on any atom is 0.0890 e. The van der Waals surface area contributed by atoms with E-state index in [0.717, 1.165) is 31.7 Å². The van der Waals surface area contributed by atoms with Crippen molar-refractivity contribution in [1.29, 1.82) is 0 Å². The quantitative estimate of drug-likeness (QED) is 0.869.